The molecule has 1 N–H and O–H groups in total. The minimum absolute atomic E-state index is 0.253. The molecule has 8 heavy (non-hydrogen) atoms. The van der Waals surface area contributed by atoms with Gasteiger partial charge in [-0.15, -0.1) is 0 Å². The zero-order valence-corrected chi connectivity index (χ0v) is 4.52. The Kier molecular flexibility index (Phi) is 1.48. The first-order valence-electron chi connectivity index (χ1n) is 2.54. The molecule has 0 amide bonds. The molecule has 0 aromatic heterocycles. The highest BCUT2D eigenvalue weighted by molar-refractivity contribution is 5.77. The molecule has 0 aromatic rings. The van der Waals surface area contributed by atoms with Crippen molar-refractivity contribution in [3.63, 3.8) is 0 Å². The summed E-state index contributed by atoms with van der Waals surface area (Å²) in [5.74, 6) is -0.253. The number of carbonyl (C=O) groups excluding carboxylic acids is 1. The van der Waals surface area contributed by atoms with Crippen LogP contribution in [0.4, 0.5) is 0 Å². The molecule has 3 nitrogen and oxygen atoms in total. The third kappa shape index (κ3) is 0.980. The summed E-state index contributed by atoms with van der Waals surface area (Å²) in [5.41, 5.74) is 0. The zero-order valence-electron chi connectivity index (χ0n) is 4.52. The fraction of sp³-hybridized carbons (Fsp3) is 0.600. The molecule has 1 saturated heterocycles. The van der Waals surface area contributed by atoms with Gasteiger partial charge in [-0.1, -0.05) is 0 Å². The van der Waals surface area contributed by atoms with Crippen LogP contribution >= 0.6 is 0 Å². The van der Waals surface area contributed by atoms with Crippen molar-refractivity contribution in [2.75, 3.05) is 13.2 Å². The number of ether oxygens (including phenoxy) is 1. The van der Waals surface area contributed by atoms with Gasteiger partial charge in [-0.25, -0.2) is 0 Å². The summed E-state index contributed by atoms with van der Waals surface area (Å²) in [7, 11) is 0. The highest BCUT2D eigenvalue weighted by Gasteiger charge is 2.17. The topological polar surface area (TPSA) is 38.3 Å². The maximum absolute atomic E-state index is 10.4. The van der Waals surface area contributed by atoms with Crippen LogP contribution in [0, 0.1) is 6.92 Å². The van der Waals surface area contributed by atoms with Gasteiger partial charge in [0.1, 0.15) is 12.6 Å². The van der Waals surface area contributed by atoms with E-state index in [2.05, 4.69) is 17.0 Å². The Balaban J connectivity index is 2.39. The number of rotatable bonds is 0. The van der Waals surface area contributed by atoms with Gasteiger partial charge in [0, 0.05) is 6.54 Å². The molecule has 0 saturated carbocycles. The Bertz CT molecular complexity index is 103. The van der Waals surface area contributed by atoms with Crippen molar-refractivity contribution in [3.8, 4) is 0 Å². The van der Waals surface area contributed by atoms with Gasteiger partial charge in [-0.2, -0.15) is 0 Å². The molecule has 1 aliphatic heterocycles. The van der Waals surface area contributed by atoms with E-state index < -0.39 is 0 Å². The zero-order chi connectivity index (χ0) is 5.98. The fourth-order valence-corrected chi connectivity index (χ4v) is 0.569. The van der Waals surface area contributed by atoms with Crippen molar-refractivity contribution < 1.29 is 9.53 Å². The number of cyclic esters (lactones) is 1. The summed E-state index contributed by atoms with van der Waals surface area (Å²) < 4.78 is 4.63. The van der Waals surface area contributed by atoms with Crippen LogP contribution in [0.3, 0.4) is 0 Å². The molecule has 0 bridgehead atoms. The first-order chi connectivity index (χ1) is 3.80. The van der Waals surface area contributed by atoms with Gasteiger partial charge in [-0.3, -0.25) is 4.79 Å². The highest BCUT2D eigenvalue weighted by Crippen LogP contribution is 1.91. The number of carbonyl (C=O) groups is 1. The number of hydrogen-bond acceptors (Lipinski definition) is 3. The number of nitrogens with one attached hydrogen (secondary N) is 1. The largest absolute Gasteiger partial charge is 0.463 e. The molecule has 1 aliphatic rings. The lowest BCUT2D eigenvalue weighted by atomic mass is 10.3. The van der Waals surface area contributed by atoms with Crippen LogP contribution < -0.4 is 5.32 Å². The van der Waals surface area contributed by atoms with Crippen molar-refractivity contribution >= 4 is 5.97 Å². The molecule has 0 spiro atoms. The van der Waals surface area contributed by atoms with Gasteiger partial charge in [0.25, 0.3) is 0 Å². The summed E-state index contributed by atoms with van der Waals surface area (Å²) in [6.07, 6.45) is 0. The van der Waals surface area contributed by atoms with Gasteiger partial charge < -0.3 is 10.1 Å². The summed E-state index contributed by atoms with van der Waals surface area (Å²) in [5, 5.41) is 2.85. The van der Waals surface area contributed by atoms with Crippen molar-refractivity contribution in [3.05, 3.63) is 6.92 Å². The van der Waals surface area contributed by atoms with Crippen molar-refractivity contribution in [1.29, 1.82) is 0 Å². The monoisotopic (exact) mass is 114 g/mol. The van der Waals surface area contributed by atoms with Crippen LogP contribution in [0.1, 0.15) is 0 Å². The molecular weight excluding hydrogens is 106 g/mol. The van der Waals surface area contributed by atoms with E-state index in [1.54, 1.807) is 0 Å². The molecular formula is C5H8NO2. The minimum atomic E-state index is -0.358. The lowest BCUT2D eigenvalue weighted by Gasteiger charge is -2.17. The maximum atomic E-state index is 10.4. The van der Waals surface area contributed by atoms with Crippen molar-refractivity contribution in [2.45, 2.75) is 6.04 Å². The van der Waals surface area contributed by atoms with Gasteiger partial charge >= 0.3 is 5.97 Å². The van der Waals surface area contributed by atoms with E-state index in [4.69, 9.17) is 0 Å². The van der Waals surface area contributed by atoms with Crippen LogP contribution in [0.25, 0.3) is 0 Å². The van der Waals surface area contributed by atoms with Gasteiger partial charge in [0.05, 0.1) is 0 Å². The summed E-state index contributed by atoms with van der Waals surface area (Å²) >= 11 is 0. The van der Waals surface area contributed by atoms with E-state index in [-0.39, 0.29) is 12.0 Å². The lowest BCUT2D eigenvalue weighted by molar-refractivity contribution is -0.147. The average Bonchev–Trinajstić information content (AvgIpc) is 1.77. The standard InChI is InChI=1S/C5H8NO2/c1-4-5(7)8-3-2-6-4/h4,6H,1-3H2. The van der Waals surface area contributed by atoms with Crippen LogP contribution in [0.15, 0.2) is 0 Å². The lowest BCUT2D eigenvalue weighted by Crippen LogP contribution is -2.43. The average molecular weight is 114 g/mol. The van der Waals surface area contributed by atoms with Gasteiger partial charge in [0.15, 0.2) is 0 Å². The SMILES string of the molecule is [CH2]C1NCCOC1=O. The Morgan fingerprint density at radius 3 is 3.00 bits per heavy atom. The van der Waals surface area contributed by atoms with Crippen LogP contribution in [-0.2, 0) is 9.53 Å². The number of hydrogen-bond donors (Lipinski definition) is 1. The van der Waals surface area contributed by atoms with Crippen LogP contribution in [0.5, 0.6) is 0 Å². The molecule has 3 heteroatoms. The second-order valence-electron chi connectivity index (χ2n) is 1.67. The number of morpholine rings is 1. The Morgan fingerprint density at radius 2 is 2.62 bits per heavy atom. The molecule has 45 valence electrons. The molecule has 0 aromatic carbocycles. The smallest absolute Gasteiger partial charge is 0.323 e. The van der Waals surface area contributed by atoms with E-state index in [9.17, 15) is 4.79 Å². The van der Waals surface area contributed by atoms with Gasteiger partial charge in [-0.05, 0) is 6.92 Å². The molecule has 0 aliphatic carbocycles. The molecule has 1 heterocycles. The van der Waals surface area contributed by atoms with E-state index in [0.717, 1.165) is 6.54 Å². The van der Waals surface area contributed by atoms with E-state index in [1.807, 2.05) is 0 Å². The Labute approximate surface area is 48.0 Å². The Hall–Kier alpha value is -0.570. The molecule has 1 radical (unpaired) electrons. The highest BCUT2D eigenvalue weighted by atomic mass is 16.5. The number of esters is 1. The van der Waals surface area contributed by atoms with Crippen molar-refractivity contribution in [2.24, 2.45) is 0 Å². The summed E-state index contributed by atoms with van der Waals surface area (Å²) in [6, 6.07) is -0.358. The van der Waals surface area contributed by atoms with E-state index in [0.29, 0.717) is 6.61 Å². The Morgan fingerprint density at radius 1 is 1.88 bits per heavy atom. The van der Waals surface area contributed by atoms with Crippen LogP contribution in [-0.4, -0.2) is 25.2 Å². The van der Waals surface area contributed by atoms with Gasteiger partial charge in [0.2, 0.25) is 0 Å². The predicted octanol–water partition coefficient (Wildman–Crippen LogP) is -0.665. The molecule has 1 fully saturated rings. The second-order valence-corrected chi connectivity index (χ2v) is 1.67. The third-order valence-corrected chi connectivity index (χ3v) is 1.02. The molecule has 1 rings (SSSR count). The first kappa shape index (κ1) is 5.56. The van der Waals surface area contributed by atoms with Crippen molar-refractivity contribution in [1.82, 2.24) is 5.32 Å². The normalized spacial score (nSPS) is 29.6. The summed E-state index contributed by atoms with van der Waals surface area (Å²) in [6.45, 7) is 4.69. The minimum Gasteiger partial charge on any atom is -0.463 e. The first-order valence-corrected chi connectivity index (χ1v) is 2.54. The predicted molar refractivity (Wildman–Crippen MR) is 28.1 cm³/mol. The van der Waals surface area contributed by atoms with Crippen LogP contribution in [0.2, 0.25) is 0 Å². The molecule has 1 atom stereocenters. The third-order valence-electron chi connectivity index (χ3n) is 1.02. The van der Waals surface area contributed by atoms with E-state index >= 15 is 0 Å². The second kappa shape index (κ2) is 2.13. The molecule has 1 unspecified atom stereocenters. The maximum Gasteiger partial charge on any atom is 0.323 e. The summed E-state index contributed by atoms with van der Waals surface area (Å²) in [4.78, 5) is 10.4. The quantitative estimate of drug-likeness (QED) is 0.425. The fourth-order valence-electron chi connectivity index (χ4n) is 0.569. The van der Waals surface area contributed by atoms with E-state index in [1.165, 1.54) is 0 Å².